The van der Waals surface area contributed by atoms with Crippen LogP contribution in [0.2, 0.25) is 0 Å². The average Bonchev–Trinajstić information content (AvgIpc) is 2.85. The number of piperidine rings is 1. The van der Waals surface area contributed by atoms with Crippen LogP contribution in [0.1, 0.15) is 83.1 Å². The number of nitrogens with two attached hydrogens (primary N) is 1. The third kappa shape index (κ3) is 8.40. The Kier molecular flexibility index (Phi) is 10.6. The summed E-state index contributed by atoms with van der Waals surface area (Å²) in [6.45, 7) is 0.378. The van der Waals surface area contributed by atoms with Crippen LogP contribution in [0.15, 0.2) is 29.2 Å². The van der Waals surface area contributed by atoms with Crippen molar-refractivity contribution in [3.8, 4) is 0 Å². The van der Waals surface area contributed by atoms with Crippen molar-refractivity contribution in [3.63, 3.8) is 0 Å². The fourth-order valence-corrected chi connectivity index (χ4v) is 4.46. The number of carbonyl (C=O) groups is 4. The van der Waals surface area contributed by atoms with E-state index >= 15 is 0 Å². The first kappa shape index (κ1) is 27.8. The molecule has 11 nitrogen and oxygen atoms in total. The van der Waals surface area contributed by atoms with Crippen molar-refractivity contribution in [2.24, 2.45) is 5.73 Å². The number of hydrogen-bond donors (Lipinski definition) is 3. The molecule has 1 atom stereocenters. The van der Waals surface area contributed by atoms with Crippen LogP contribution < -0.4 is 21.9 Å². The van der Waals surface area contributed by atoms with E-state index in [0.717, 1.165) is 62.5 Å². The number of nitrogens with zero attached hydrogens (tertiary/aromatic N) is 2. The summed E-state index contributed by atoms with van der Waals surface area (Å²) in [5.74, 6) is -1.09. The highest BCUT2D eigenvalue weighted by atomic mass is 16.5. The number of nitrogens with one attached hydrogen (secondary N) is 2. The van der Waals surface area contributed by atoms with Gasteiger partial charge in [0, 0.05) is 18.2 Å². The predicted molar refractivity (Wildman–Crippen MR) is 138 cm³/mol. The summed E-state index contributed by atoms with van der Waals surface area (Å²) in [6.07, 6.45) is 10.5. The fourth-order valence-electron chi connectivity index (χ4n) is 4.46. The molecule has 0 radical (unpaired) electrons. The van der Waals surface area contributed by atoms with Gasteiger partial charge in [0.05, 0.1) is 23.9 Å². The monoisotopic (exact) mass is 513 g/mol. The number of ether oxygens (including phenoxy) is 1. The molecular weight excluding hydrogens is 478 g/mol. The first-order chi connectivity index (χ1) is 17.9. The summed E-state index contributed by atoms with van der Waals surface area (Å²) in [4.78, 5) is 59.9. The topological polar surface area (TPSA) is 162 Å². The average molecular weight is 514 g/mol. The zero-order chi connectivity index (χ0) is 26.6. The zero-order valence-electron chi connectivity index (χ0n) is 21.0. The molecular formula is C26H35N5O6. The molecule has 1 unspecified atom stereocenters. The van der Waals surface area contributed by atoms with Gasteiger partial charge in [0.2, 0.25) is 11.8 Å². The van der Waals surface area contributed by atoms with Gasteiger partial charge in [-0.1, -0.05) is 57.1 Å². The lowest BCUT2D eigenvalue weighted by atomic mass is 10.1. The van der Waals surface area contributed by atoms with E-state index in [1.165, 1.54) is 6.20 Å². The molecule has 3 rings (SSSR count). The van der Waals surface area contributed by atoms with E-state index in [4.69, 9.17) is 10.5 Å². The van der Waals surface area contributed by atoms with Gasteiger partial charge < -0.3 is 15.8 Å². The Balaban J connectivity index is 1.43. The molecule has 37 heavy (non-hydrogen) atoms. The standard InChI is InChI=1S/C26H35N5O6/c27-26(36)37-16-9-7-5-3-1-2-4-6-8-13-21(32)29-19-12-10-11-18-17-28-31(25(35)23(18)19)20-14-15-22(33)30-24(20)34/h10-12,17,20H,1-9,13-16H2,(H2,27,36)(H,29,32)(H,30,33,34). The molecule has 4 amide bonds. The van der Waals surface area contributed by atoms with Crippen molar-refractivity contribution in [3.05, 3.63) is 34.7 Å². The first-order valence-electron chi connectivity index (χ1n) is 12.9. The molecule has 4 N–H and O–H groups in total. The van der Waals surface area contributed by atoms with E-state index in [9.17, 15) is 24.0 Å². The number of rotatable bonds is 14. The van der Waals surface area contributed by atoms with Gasteiger partial charge in [-0.25, -0.2) is 9.48 Å². The van der Waals surface area contributed by atoms with Crippen molar-refractivity contribution < 1.29 is 23.9 Å². The Labute approximate surface area is 215 Å². The molecule has 1 aromatic heterocycles. The van der Waals surface area contributed by atoms with Gasteiger partial charge in [-0.2, -0.15) is 5.10 Å². The molecule has 1 aromatic carbocycles. The smallest absolute Gasteiger partial charge is 0.404 e. The van der Waals surface area contributed by atoms with Crippen LogP contribution in [-0.2, 0) is 19.1 Å². The molecule has 11 heteroatoms. The van der Waals surface area contributed by atoms with E-state index in [2.05, 4.69) is 15.7 Å². The summed E-state index contributed by atoms with van der Waals surface area (Å²) in [6, 6.07) is 4.26. The van der Waals surface area contributed by atoms with Crippen LogP contribution in [0.4, 0.5) is 10.5 Å². The number of benzene rings is 1. The number of aromatic nitrogens is 2. The number of fused-ring (bicyclic) bond motifs is 1. The van der Waals surface area contributed by atoms with Gasteiger partial charge in [0.15, 0.2) is 0 Å². The summed E-state index contributed by atoms with van der Waals surface area (Å²) >= 11 is 0. The highest BCUT2D eigenvalue weighted by molar-refractivity contribution is 6.02. The minimum Gasteiger partial charge on any atom is -0.450 e. The second-order valence-electron chi connectivity index (χ2n) is 9.28. The molecule has 200 valence electrons. The van der Waals surface area contributed by atoms with Crippen molar-refractivity contribution in [1.82, 2.24) is 15.1 Å². The SMILES string of the molecule is NC(=O)OCCCCCCCCCCCC(=O)Nc1cccc2cnn(C3CCC(=O)NC3=O)c(=O)c12. The van der Waals surface area contributed by atoms with Gasteiger partial charge >= 0.3 is 6.09 Å². The number of anilines is 1. The van der Waals surface area contributed by atoms with Crippen LogP contribution in [0, 0.1) is 0 Å². The number of hydrogen-bond acceptors (Lipinski definition) is 7. The second-order valence-corrected chi connectivity index (χ2v) is 9.28. The van der Waals surface area contributed by atoms with E-state index in [-0.39, 0.29) is 30.0 Å². The highest BCUT2D eigenvalue weighted by Crippen LogP contribution is 2.22. The molecule has 1 aliphatic rings. The van der Waals surface area contributed by atoms with E-state index in [1.54, 1.807) is 18.2 Å². The highest BCUT2D eigenvalue weighted by Gasteiger charge is 2.30. The number of amides is 4. The molecule has 0 saturated carbocycles. The predicted octanol–water partition coefficient (Wildman–Crippen LogP) is 3.31. The summed E-state index contributed by atoms with van der Waals surface area (Å²) in [5.41, 5.74) is 4.82. The molecule has 0 spiro atoms. The second kappa shape index (κ2) is 14.1. The fraction of sp³-hybridized carbons (Fsp3) is 0.538. The Morgan fingerprint density at radius 1 is 1.03 bits per heavy atom. The molecule has 0 aliphatic carbocycles. The Bertz CT molecular complexity index is 1180. The van der Waals surface area contributed by atoms with E-state index < -0.39 is 23.6 Å². The van der Waals surface area contributed by atoms with Gasteiger partial charge in [-0.15, -0.1) is 0 Å². The quantitative estimate of drug-likeness (QED) is 0.258. The molecule has 0 bridgehead atoms. The van der Waals surface area contributed by atoms with Crippen molar-refractivity contribution in [1.29, 1.82) is 0 Å². The Morgan fingerprint density at radius 3 is 2.38 bits per heavy atom. The van der Waals surface area contributed by atoms with E-state index in [0.29, 0.717) is 24.1 Å². The van der Waals surface area contributed by atoms with Crippen LogP contribution in [-0.4, -0.2) is 40.2 Å². The van der Waals surface area contributed by atoms with Crippen LogP contribution in [0.3, 0.4) is 0 Å². The summed E-state index contributed by atoms with van der Waals surface area (Å²) < 4.78 is 5.79. The number of unbranched alkanes of at least 4 members (excludes halogenated alkanes) is 8. The van der Waals surface area contributed by atoms with Gasteiger partial charge in [-0.3, -0.25) is 24.5 Å². The number of primary amides is 1. The first-order valence-corrected chi connectivity index (χ1v) is 12.9. The normalized spacial score (nSPS) is 15.4. The number of imide groups is 1. The third-order valence-corrected chi connectivity index (χ3v) is 6.41. The minimum absolute atomic E-state index is 0.134. The van der Waals surface area contributed by atoms with Crippen molar-refractivity contribution in [2.45, 2.75) is 83.1 Å². The zero-order valence-corrected chi connectivity index (χ0v) is 21.0. The maximum absolute atomic E-state index is 13.2. The lowest BCUT2D eigenvalue weighted by molar-refractivity contribution is -0.136. The maximum atomic E-state index is 13.2. The van der Waals surface area contributed by atoms with Gasteiger partial charge in [0.1, 0.15) is 6.04 Å². The molecule has 1 fully saturated rings. The maximum Gasteiger partial charge on any atom is 0.404 e. The third-order valence-electron chi connectivity index (χ3n) is 6.41. The van der Waals surface area contributed by atoms with Crippen LogP contribution in [0.25, 0.3) is 10.8 Å². The lowest BCUT2D eigenvalue weighted by Crippen LogP contribution is -2.45. The van der Waals surface area contributed by atoms with Gasteiger partial charge in [0.25, 0.3) is 11.5 Å². The van der Waals surface area contributed by atoms with Gasteiger partial charge in [-0.05, 0) is 25.3 Å². The molecule has 1 saturated heterocycles. The Hall–Kier alpha value is -3.76. The van der Waals surface area contributed by atoms with Crippen molar-refractivity contribution >= 4 is 40.3 Å². The minimum atomic E-state index is -0.866. The van der Waals surface area contributed by atoms with E-state index in [1.807, 2.05) is 0 Å². The Morgan fingerprint density at radius 2 is 1.70 bits per heavy atom. The summed E-state index contributed by atoms with van der Waals surface area (Å²) in [7, 11) is 0. The summed E-state index contributed by atoms with van der Waals surface area (Å²) in [5, 5.41) is 10.1. The van der Waals surface area contributed by atoms with Crippen LogP contribution >= 0.6 is 0 Å². The van der Waals surface area contributed by atoms with Crippen LogP contribution in [0.5, 0.6) is 0 Å². The number of carbonyl (C=O) groups excluding carboxylic acids is 4. The largest absolute Gasteiger partial charge is 0.450 e. The lowest BCUT2D eigenvalue weighted by Gasteiger charge is -2.22. The van der Waals surface area contributed by atoms with Crippen molar-refractivity contribution in [2.75, 3.05) is 11.9 Å². The molecule has 2 heterocycles. The molecule has 1 aliphatic heterocycles. The molecule has 2 aromatic rings.